The second kappa shape index (κ2) is 4.55. The van der Waals surface area contributed by atoms with Gasteiger partial charge in [0.25, 0.3) is 5.95 Å². The Morgan fingerprint density at radius 1 is 0.905 bits per heavy atom. The van der Waals surface area contributed by atoms with Crippen LogP contribution >= 0.6 is 0 Å². The molecule has 0 fully saturated rings. The summed E-state index contributed by atoms with van der Waals surface area (Å²) in [6.07, 6.45) is 3.45. The van der Waals surface area contributed by atoms with Crippen molar-refractivity contribution in [3.8, 4) is 5.95 Å². The van der Waals surface area contributed by atoms with Crippen molar-refractivity contribution < 1.29 is 0 Å². The summed E-state index contributed by atoms with van der Waals surface area (Å²) in [7, 11) is 0. The van der Waals surface area contributed by atoms with Gasteiger partial charge in [-0.25, -0.2) is 4.68 Å². The van der Waals surface area contributed by atoms with E-state index >= 15 is 0 Å². The van der Waals surface area contributed by atoms with Crippen LogP contribution in [-0.2, 0) is 13.1 Å². The van der Waals surface area contributed by atoms with E-state index in [1.54, 1.807) is 17.1 Å². The molecule has 0 amide bonds. The van der Waals surface area contributed by atoms with E-state index in [1.165, 1.54) is 11.1 Å². The summed E-state index contributed by atoms with van der Waals surface area (Å²) in [6.45, 7) is 1.55. The van der Waals surface area contributed by atoms with E-state index < -0.39 is 0 Å². The summed E-state index contributed by atoms with van der Waals surface area (Å²) in [5.41, 5.74) is 8.39. The highest BCUT2D eigenvalue weighted by Crippen LogP contribution is 2.26. The zero-order valence-electron chi connectivity index (χ0n) is 11.2. The molecular weight excluding hydrogens is 266 g/mol. The largest absolute Gasteiger partial charge is 0.368 e. The number of anilines is 2. The van der Waals surface area contributed by atoms with Gasteiger partial charge in [0, 0.05) is 25.5 Å². The average Bonchev–Trinajstić information content (AvgIpc) is 3.16. The molecule has 0 aliphatic carbocycles. The maximum atomic E-state index is 5.81. The van der Waals surface area contributed by atoms with Crippen molar-refractivity contribution in [2.24, 2.45) is 0 Å². The number of hydrogen-bond donors (Lipinski definition) is 1. The van der Waals surface area contributed by atoms with Gasteiger partial charge in [-0.2, -0.15) is 20.1 Å². The molecule has 1 aliphatic rings. The molecule has 104 valence electrons. The normalized spacial score (nSPS) is 13.4. The van der Waals surface area contributed by atoms with Crippen LogP contribution in [0, 0.1) is 0 Å². The SMILES string of the molecule is Nc1nc(N2Cc3ccccc3C2)nc(-n2cccn2)n1. The van der Waals surface area contributed by atoms with Gasteiger partial charge in [-0.05, 0) is 17.2 Å². The molecule has 0 spiro atoms. The van der Waals surface area contributed by atoms with Crippen LogP contribution in [-0.4, -0.2) is 24.7 Å². The van der Waals surface area contributed by atoms with Gasteiger partial charge in [0.1, 0.15) is 0 Å². The summed E-state index contributed by atoms with van der Waals surface area (Å²) in [5, 5.41) is 4.12. The molecule has 7 heteroatoms. The van der Waals surface area contributed by atoms with E-state index in [-0.39, 0.29) is 5.95 Å². The summed E-state index contributed by atoms with van der Waals surface area (Å²) in [5.74, 6) is 1.20. The first-order valence-electron chi connectivity index (χ1n) is 6.63. The first-order valence-corrected chi connectivity index (χ1v) is 6.63. The van der Waals surface area contributed by atoms with Crippen LogP contribution in [0.5, 0.6) is 0 Å². The average molecular weight is 279 g/mol. The molecule has 0 unspecified atom stereocenters. The molecule has 2 aromatic heterocycles. The third kappa shape index (κ3) is 2.08. The van der Waals surface area contributed by atoms with Crippen LogP contribution in [0.15, 0.2) is 42.7 Å². The summed E-state index contributed by atoms with van der Waals surface area (Å²) in [6, 6.07) is 10.1. The van der Waals surface area contributed by atoms with Gasteiger partial charge in [-0.3, -0.25) is 0 Å². The Kier molecular flexibility index (Phi) is 2.56. The number of nitrogens with zero attached hydrogens (tertiary/aromatic N) is 6. The molecule has 1 aliphatic heterocycles. The van der Waals surface area contributed by atoms with Crippen molar-refractivity contribution in [1.29, 1.82) is 0 Å². The summed E-state index contributed by atoms with van der Waals surface area (Å²) in [4.78, 5) is 14.9. The third-order valence-electron chi connectivity index (χ3n) is 3.46. The molecule has 0 radical (unpaired) electrons. The van der Waals surface area contributed by atoms with Crippen LogP contribution in [0.1, 0.15) is 11.1 Å². The van der Waals surface area contributed by atoms with E-state index in [9.17, 15) is 0 Å². The van der Waals surface area contributed by atoms with E-state index in [2.05, 4.69) is 37.1 Å². The number of fused-ring (bicyclic) bond motifs is 1. The molecule has 0 bridgehead atoms. The third-order valence-corrected chi connectivity index (χ3v) is 3.46. The molecule has 4 rings (SSSR count). The Morgan fingerprint density at radius 3 is 2.29 bits per heavy atom. The minimum atomic E-state index is 0.196. The molecule has 0 saturated carbocycles. The second-order valence-corrected chi connectivity index (χ2v) is 4.87. The Labute approximate surface area is 121 Å². The highest BCUT2D eigenvalue weighted by molar-refractivity contribution is 5.45. The van der Waals surface area contributed by atoms with E-state index in [0.717, 1.165) is 13.1 Å². The lowest BCUT2D eigenvalue weighted by molar-refractivity contribution is 0.765. The molecule has 21 heavy (non-hydrogen) atoms. The van der Waals surface area contributed by atoms with Gasteiger partial charge in [0.05, 0.1) is 0 Å². The van der Waals surface area contributed by atoms with Crippen LogP contribution in [0.2, 0.25) is 0 Å². The predicted molar refractivity (Wildman–Crippen MR) is 77.7 cm³/mol. The van der Waals surface area contributed by atoms with Gasteiger partial charge in [0.2, 0.25) is 11.9 Å². The number of aromatic nitrogens is 5. The summed E-state index contributed by atoms with van der Waals surface area (Å²) < 4.78 is 1.57. The van der Waals surface area contributed by atoms with Crippen molar-refractivity contribution in [1.82, 2.24) is 24.7 Å². The van der Waals surface area contributed by atoms with E-state index in [0.29, 0.717) is 11.9 Å². The topological polar surface area (TPSA) is 85.8 Å². The fraction of sp³-hybridized carbons (Fsp3) is 0.143. The quantitative estimate of drug-likeness (QED) is 0.757. The van der Waals surface area contributed by atoms with Crippen LogP contribution in [0.3, 0.4) is 0 Å². The highest BCUT2D eigenvalue weighted by atomic mass is 15.4. The van der Waals surface area contributed by atoms with Gasteiger partial charge in [-0.1, -0.05) is 24.3 Å². The first kappa shape index (κ1) is 11.8. The Morgan fingerprint density at radius 2 is 1.62 bits per heavy atom. The molecule has 3 aromatic rings. The first-order chi connectivity index (χ1) is 10.3. The fourth-order valence-corrected chi connectivity index (χ4v) is 2.47. The summed E-state index contributed by atoms with van der Waals surface area (Å²) >= 11 is 0. The number of hydrogen-bond acceptors (Lipinski definition) is 6. The van der Waals surface area contributed by atoms with Crippen molar-refractivity contribution in [3.05, 3.63) is 53.9 Å². The molecule has 1 aromatic carbocycles. The lowest BCUT2D eigenvalue weighted by atomic mass is 10.1. The standard InChI is InChI=1S/C14H13N7/c15-12-17-13(19-14(18-12)21-7-3-6-16-21)20-8-10-4-1-2-5-11(10)9-20/h1-7H,8-9H2,(H2,15,17,18,19). The van der Waals surface area contributed by atoms with E-state index in [4.69, 9.17) is 5.73 Å². The number of nitrogens with two attached hydrogens (primary N) is 1. The van der Waals surface area contributed by atoms with Crippen LogP contribution < -0.4 is 10.6 Å². The Hall–Kier alpha value is -2.96. The zero-order valence-corrected chi connectivity index (χ0v) is 11.2. The molecule has 0 saturated heterocycles. The Balaban J connectivity index is 1.71. The minimum absolute atomic E-state index is 0.196. The highest BCUT2D eigenvalue weighted by Gasteiger charge is 2.22. The fourth-order valence-electron chi connectivity index (χ4n) is 2.47. The van der Waals surface area contributed by atoms with Gasteiger partial charge in [-0.15, -0.1) is 0 Å². The van der Waals surface area contributed by atoms with Crippen molar-refractivity contribution >= 4 is 11.9 Å². The molecule has 7 nitrogen and oxygen atoms in total. The monoisotopic (exact) mass is 279 g/mol. The van der Waals surface area contributed by atoms with Crippen LogP contribution in [0.25, 0.3) is 5.95 Å². The van der Waals surface area contributed by atoms with Gasteiger partial charge < -0.3 is 10.6 Å². The maximum absolute atomic E-state index is 5.81. The van der Waals surface area contributed by atoms with E-state index in [1.807, 2.05) is 18.2 Å². The van der Waals surface area contributed by atoms with Crippen molar-refractivity contribution in [3.63, 3.8) is 0 Å². The lowest BCUT2D eigenvalue weighted by Crippen LogP contribution is -2.20. The number of rotatable bonds is 2. The van der Waals surface area contributed by atoms with Gasteiger partial charge in [0.15, 0.2) is 0 Å². The zero-order chi connectivity index (χ0) is 14.2. The van der Waals surface area contributed by atoms with Crippen molar-refractivity contribution in [2.75, 3.05) is 10.6 Å². The Bertz CT molecular complexity index is 757. The van der Waals surface area contributed by atoms with Crippen LogP contribution in [0.4, 0.5) is 11.9 Å². The molecule has 0 atom stereocenters. The van der Waals surface area contributed by atoms with Crippen molar-refractivity contribution in [2.45, 2.75) is 13.1 Å². The predicted octanol–water partition coefficient (Wildman–Crippen LogP) is 1.16. The molecule has 3 heterocycles. The number of benzene rings is 1. The lowest BCUT2D eigenvalue weighted by Gasteiger charge is -2.15. The number of nitrogen functional groups attached to an aromatic ring is 1. The smallest absolute Gasteiger partial charge is 0.257 e. The minimum Gasteiger partial charge on any atom is -0.368 e. The molecular formula is C14H13N7. The maximum Gasteiger partial charge on any atom is 0.257 e. The van der Waals surface area contributed by atoms with Gasteiger partial charge >= 0.3 is 0 Å². The second-order valence-electron chi connectivity index (χ2n) is 4.87. The molecule has 2 N–H and O–H groups in total.